The Labute approximate surface area is 125 Å². The molecule has 2 heterocycles. The van der Waals surface area contributed by atoms with Crippen LogP contribution in [0.2, 0.25) is 0 Å². The summed E-state index contributed by atoms with van der Waals surface area (Å²) in [6.07, 6.45) is 1.12. The van der Waals surface area contributed by atoms with Crippen LogP contribution in [0.4, 0.5) is 17.3 Å². The fraction of sp³-hybridized carbons (Fsp3) is 0.500. The molecule has 1 aromatic heterocycles. The van der Waals surface area contributed by atoms with Gasteiger partial charge in [0.1, 0.15) is 11.2 Å². The molecule has 0 saturated carbocycles. The van der Waals surface area contributed by atoms with Gasteiger partial charge in [0.2, 0.25) is 5.82 Å². The van der Waals surface area contributed by atoms with Gasteiger partial charge in [-0.25, -0.2) is 19.2 Å². The van der Waals surface area contributed by atoms with Gasteiger partial charge in [-0.3, -0.25) is 10.1 Å². The van der Waals surface area contributed by atoms with Gasteiger partial charge in [-0.2, -0.15) is 11.8 Å². The molecule has 1 aliphatic rings. The van der Waals surface area contributed by atoms with E-state index in [1.54, 1.807) is 0 Å². The molecule has 1 aromatic rings. The minimum absolute atomic E-state index is 0.0196. The fourth-order valence-electron chi connectivity index (χ4n) is 2.05. The Kier molecular flexibility index (Phi) is 4.54. The van der Waals surface area contributed by atoms with E-state index in [-0.39, 0.29) is 17.3 Å². The van der Waals surface area contributed by atoms with Crippen LogP contribution in [0, 0.1) is 10.1 Å². The highest BCUT2D eigenvalue weighted by Gasteiger charge is 2.35. The molecule has 0 spiro atoms. The lowest BCUT2D eigenvalue weighted by Gasteiger charge is -2.34. The minimum atomic E-state index is -3.39. The van der Waals surface area contributed by atoms with Crippen molar-refractivity contribution in [1.82, 2.24) is 4.98 Å². The molecule has 0 aromatic carbocycles. The summed E-state index contributed by atoms with van der Waals surface area (Å²) in [6.45, 7) is 0.365. The van der Waals surface area contributed by atoms with Gasteiger partial charge in [0.05, 0.1) is 4.92 Å². The Balaban J connectivity index is 2.53. The highest BCUT2D eigenvalue weighted by Crippen LogP contribution is 2.33. The van der Waals surface area contributed by atoms with Crippen LogP contribution in [-0.2, 0) is 9.84 Å². The van der Waals surface area contributed by atoms with E-state index in [9.17, 15) is 18.5 Å². The number of nitrogen functional groups attached to an aromatic ring is 1. The molecule has 11 heteroatoms. The largest absolute Gasteiger partial charge is 0.332 e. The molecule has 21 heavy (non-hydrogen) atoms. The number of pyridine rings is 1. The molecule has 3 N–H and O–H groups in total. The number of anilines is 2. The first-order chi connectivity index (χ1) is 9.84. The third kappa shape index (κ3) is 3.36. The Morgan fingerprint density at radius 3 is 2.86 bits per heavy atom. The van der Waals surface area contributed by atoms with Crippen LogP contribution in [0.5, 0.6) is 0 Å². The van der Waals surface area contributed by atoms with E-state index in [1.807, 2.05) is 0 Å². The maximum absolute atomic E-state index is 11.9. The fourth-order valence-corrected chi connectivity index (χ4v) is 4.87. The Bertz CT molecular complexity index is 651. The number of aromatic nitrogens is 1. The van der Waals surface area contributed by atoms with E-state index in [2.05, 4.69) is 10.4 Å². The predicted molar refractivity (Wildman–Crippen MR) is 82.0 cm³/mol. The first-order valence-corrected chi connectivity index (χ1v) is 9.11. The van der Waals surface area contributed by atoms with E-state index < -0.39 is 20.1 Å². The molecule has 0 radical (unpaired) electrons. The number of thioether (sulfide) groups is 1. The van der Waals surface area contributed by atoms with Gasteiger partial charge in [0, 0.05) is 30.4 Å². The van der Waals surface area contributed by atoms with Gasteiger partial charge < -0.3 is 10.3 Å². The predicted octanol–water partition coefficient (Wildman–Crippen LogP) is 0.199. The maximum atomic E-state index is 11.9. The van der Waals surface area contributed by atoms with Crippen molar-refractivity contribution in [2.24, 2.45) is 5.84 Å². The SMILES string of the molecule is CS(=O)(=O)C1CSCCN1c1nc(NN)ccc1[N+](=O)[O-]. The summed E-state index contributed by atoms with van der Waals surface area (Å²) in [6, 6.07) is 2.63. The second-order valence-corrected chi connectivity index (χ2v) is 7.85. The van der Waals surface area contributed by atoms with Crippen molar-refractivity contribution in [3.8, 4) is 0 Å². The Hall–Kier alpha value is -1.59. The average molecular weight is 333 g/mol. The molecule has 0 bridgehead atoms. The van der Waals surface area contributed by atoms with Gasteiger partial charge in [-0.05, 0) is 6.07 Å². The molecular weight excluding hydrogens is 318 g/mol. The molecule has 116 valence electrons. The van der Waals surface area contributed by atoms with Gasteiger partial charge in [0.25, 0.3) is 0 Å². The van der Waals surface area contributed by atoms with E-state index in [0.29, 0.717) is 18.1 Å². The molecule has 9 nitrogen and oxygen atoms in total. The third-order valence-corrected chi connectivity index (χ3v) is 5.69. The monoisotopic (exact) mass is 333 g/mol. The van der Waals surface area contributed by atoms with Crippen molar-refractivity contribution >= 4 is 38.9 Å². The summed E-state index contributed by atoms with van der Waals surface area (Å²) in [5.41, 5.74) is 2.07. The summed E-state index contributed by atoms with van der Waals surface area (Å²) in [5.74, 6) is 6.55. The number of hydrogen-bond acceptors (Lipinski definition) is 9. The van der Waals surface area contributed by atoms with Crippen molar-refractivity contribution in [3.63, 3.8) is 0 Å². The smallest absolute Gasteiger partial charge is 0.311 e. The quantitative estimate of drug-likeness (QED) is 0.450. The standard InChI is InChI=1S/C10H15N5O4S2/c1-21(18,19)9-6-20-5-4-14(9)10-7(15(16)17)2-3-8(12-10)13-11/h2-3,9H,4-6,11H2,1H3,(H,12,13). The topological polar surface area (TPSA) is 131 Å². The average Bonchev–Trinajstić information content (AvgIpc) is 2.45. The lowest BCUT2D eigenvalue weighted by Crippen LogP contribution is -2.47. The number of nitrogens with one attached hydrogen (secondary N) is 1. The third-order valence-electron chi connectivity index (χ3n) is 3.05. The highest BCUT2D eigenvalue weighted by molar-refractivity contribution is 8.01. The lowest BCUT2D eigenvalue weighted by atomic mass is 10.3. The highest BCUT2D eigenvalue weighted by atomic mass is 32.2. The molecule has 1 atom stereocenters. The summed E-state index contributed by atoms with van der Waals surface area (Å²) in [5, 5.41) is 10.3. The molecule has 1 unspecified atom stereocenters. The maximum Gasteiger partial charge on any atom is 0.311 e. The number of nitro groups is 1. The summed E-state index contributed by atoms with van der Waals surface area (Å²) < 4.78 is 23.8. The second-order valence-electron chi connectivity index (χ2n) is 4.49. The zero-order chi connectivity index (χ0) is 15.6. The van der Waals surface area contributed by atoms with Crippen molar-refractivity contribution in [2.45, 2.75) is 5.37 Å². The van der Waals surface area contributed by atoms with Gasteiger partial charge in [0.15, 0.2) is 9.84 Å². The number of hydrazine groups is 1. The summed E-state index contributed by atoms with van der Waals surface area (Å²) in [7, 11) is -3.39. The van der Waals surface area contributed by atoms with Crippen LogP contribution < -0.4 is 16.2 Å². The molecule has 2 rings (SSSR count). The molecule has 0 amide bonds. The lowest BCUT2D eigenvalue weighted by molar-refractivity contribution is -0.384. The zero-order valence-electron chi connectivity index (χ0n) is 11.2. The summed E-state index contributed by atoms with van der Waals surface area (Å²) in [4.78, 5) is 16.1. The van der Waals surface area contributed by atoms with Crippen LogP contribution in [0.15, 0.2) is 12.1 Å². The number of rotatable bonds is 4. The van der Waals surface area contributed by atoms with E-state index in [0.717, 1.165) is 6.26 Å². The molecule has 1 saturated heterocycles. The summed E-state index contributed by atoms with van der Waals surface area (Å²) >= 11 is 1.49. The van der Waals surface area contributed by atoms with Crippen molar-refractivity contribution in [3.05, 3.63) is 22.2 Å². The molecule has 0 aliphatic carbocycles. The van der Waals surface area contributed by atoms with Crippen molar-refractivity contribution in [1.29, 1.82) is 0 Å². The van der Waals surface area contributed by atoms with Crippen molar-refractivity contribution < 1.29 is 13.3 Å². The zero-order valence-corrected chi connectivity index (χ0v) is 12.9. The first kappa shape index (κ1) is 15.8. The number of nitrogens with two attached hydrogens (primary N) is 1. The molecule has 1 aliphatic heterocycles. The van der Waals surface area contributed by atoms with Gasteiger partial charge in [-0.15, -0.1) is 0 Å². The molecule has 1 fully saturated rings. The Morgan fingerprint density at radius 1 is 1.57 bits per heavy atom. The second kappa shape index (κ2) is 6.03. The first-order valence-electron chi connectivity index (χ1n) is 6.00. The minimum Gasteiger partial charge on any atom is -0.332 e. The van der Waals surface area contributed by atoms with Crippen LogP contribution in [0.3, 0.4) is 0 Å². The number of nitrogens with zero attached hydrogens (tertiary/aromatic N) is 3. The van der Waals surface area contributed by atoms with E-state index in [4.69, 9.17) is 5.84 Å². The van der Waals surface area contributed by atoms with Gasteiger partial charge in [-0.1, -0.05) is 0 Å². The number of sulfone groups is 1. The normalized spacial score (nSPS) is 19.3. The van der Waals surface area contributed by atoms with E-state index in [1.165, 1.54) is 28.8 Å². The van der Waals surface area contributed by atoms with E-state index >= 15 is 0 Å². The number of hydrogen-bond donors (Lipinski definition) is 2. The van der Waals surface area contributed by atoms with Crippen LogP contribution in [0.25, 0.3) is 0 Å². The van der Waals surface area contributed by atoms with Gasteiger partial charge >= 0.3 is 5.69 Å². The van der Waals surface area contributed by atoms with Crippen LogP contribution in [-0.4, -0.2) is 48.0 Å². The Morgan fingerprint density at radius 2 is 2.29 bits per heavy atom. The molecular formula is C10H15N5O4S2. The van der Waals surface area contributed by atoms with Crippen LogP contribution >= 0.6 is 11.8 Å². The van der Waals surface area contributed by atoms with Crippen molar-refractivity contribution in [2.75, 3.05) is 34.6 Å². The van der Waals surface area contributed by atoms with Crippen LogP contribution in [0.1, 0.15) is 0 Å².